The smallest absolute Gasteiger partial charge is 0.338 e. The second-order valence-electron chi connectivity index (χ2n) is 6.11. The fourth-order valence-electron chi connectivity index (χ4n) is 3.06. The summed E-state index contributed by atoms with van der Waals surface area (Å²) < 4.78 is 5.36. The number of rotatable bonds is 4. The normalized spacial score (nSPS) is 20.1. The van der Waals surface area contributed by atoms with Gasteiger partial charge in [0.05, 0.1) is 17.7 Å². The van der Waals surface area contributed by atoms with Gasteiger partial charge in [-0.2, -0.15) is 0 Å². The molecule has 130 valence electrons. The maximum absolute atomic E-state index is 12.7. The molecule has 0 spiro atoms. The van der Waals surface area contributed by atoms with Crippen molar-refractivity contribution in [2.45, 2.75) is 25.0 Å². The molecule has 1 N–H and O–H groups in total. The SMILES string of the molecule is O=C(OC[C@H]1[C@@H](O)CCCN1C(=O)c1ccccc1)c1ccccc1. The highest BCUT2D eigenvalue weighted by Gasteiger charge is 2.34. The Morgan fingerprint density at radius 2 is 1.60 bits per heavy atom. The average molecular weight is 339 g/mol. The first-order valence-electron chi connectivity index (χ1n) is 8.43. The number of aliphatic hydroxyl groups excluding tert-OH is 1. The quantitative estimate of drug-likeness (QED) is 0.869. The summed E-state index contributed by atoms with van der Waals surface area (Å²) in [5.74, 6) is -0.606. The topological polar surface area (TPSA) is 66.8 Å². The van der Waals surface area contributed by atoms with Crippen LogP contribution in [-0.2, 0) is 4.74 Å². The van der Waals surface area contributed by atoms with E-state index in [4.69, 9.17) is 4.74 Å². The molecule has 0 radical (unpaired) electrons. The monoisotopic (exact) mass is 339 g/mol. The van der Waals surface area contributed by atoms with Crippen LogP contribution in [0.1, 0.15) is 33.6 Å². The number of ether oxygens (including phenoxy) is 1. The van der Waals surface area contributed by atoms with Crippen LogP contribution in [0.25, 0.3) is 0 Å². The van der Waals surface area contributed by atoms with E-state index in [-0.39, 0.29) is 12.5 Å². The first-order chi connectivity index (χ1) is 12.2. The van der Waals surface area contributed by atoms with Gasteiger partial charge in [-0.3, -0.25) is 4.79 Å². The molecule has 1 fully saturated rings. The fourth-order valence-corrected chi connectivity index (χ4v) is 3.06. The molecule has 3 rings (SSSR count). The van der Waals surface area contributed by atoms with E-state index < -0.39 is 18.1 Å². The zero-order valence-electron chi connectivity index (χ0n) is 13.9. The number of hydrogen-bond acceptors (Lipinski definition) is 4. The molecule has 2 aromatic carbocycles. The zero-order chi connectivity index (χ0) is 17.6. The van der Waals surface area contributed by atoms with Crippen molar-refractivity contribution in [2.24, 2.45) is 0 Å². The molecule has 0 aliphatic carbocycles. The predicted molar refractivity (Wildman–Crippen MR) is 93.2 cm³/mol. The predicted octanol–water partition coefficient (Wildman–Crippen LogP) is 2.51. The number of likely N-dealkylation sites (tertiary alicyclic amines) is 1. The van der Waals surface area contributed by atoms with E-state index in [1.165, 1.54) is 0 Å². The number of aliphatic hydroxyl groups is 1. The van der Waals surface area contributed by atoms with Crippen molar-refractivity contribution < 1.29 is 19.4 Å². The van der Waals surface area contributed by atoms with Gasteiger partial charge in [-0.1, -0.05) is 36.4 Å². The first kappa shape index (κ1) is 17.2. The Hall–Kier alpha value is -2.66. The van der Waals surface area contributed by atoms with Gasteiger partial charge < -0.3 is 14.7 Å². The van der Waals surface area contributed by atoms with Crippen molar-refractivity contribution in [3.63, 3.8) is 0 Å². The number of piperidine rings is 1. The molecular formula is C20H21NO4. The van der Waals surface area contributed by atoms with Crippen molar-refractivity contribution >= 4 is 11.9 Å². The van der Waals surface area contributed by atoms with E-state index in [1.807, 2.05) is 12.1 Å². The standard InChI is InChI=1S/C20H21NO4/c22-18-12-7-13-21(19(23)15-8-3-1-4-9-15)17(18)14-25-20(24)16-10-5-2-6-11-16/h1-6,8-11,17-18,22H,7,12-14H2/t17-,18-/m0/s1. The van der Waals surface area contributed by atoms with Gasteiger partial charge >= 0.3 is 5.97 Å². The van der Waals surface area contributed by atoms with E-state index in [2.05, 4.69) is 0 Å². The van der Waals surface area contributed by atoms with Gasteiger partial charge in [0.25, 0.3) is 5.91 Å². The highest BCUT2D eigenvalue weighted by molar-refractivity contribution is 5.94. The lowest BCUT2D eigenvalue weighted by molar-refractivity contribution is -0.0196. The molecule has 2 atom stereocenters. The molecule has 0 aromatic heterocycles. The van der Waals surface area contributed by atoms with Crippen LogP contribution in [-0.4, -0.2) is 47.2 Å². The maximum Gasteiger partial charge on any atom is 0.338 e. The highest BCUT2D eigenvalue weighted by Crippen LogP contribution is 2.21. The van der Waals surface area contributed by atoms with Gasteiger partial charge in [-0.05, 0) is 37.1 Å². The summed E-state index contributed by atoms with van der Waals surface area (Å²) in [6.45, 7) is 0.520. The molecule has 0 bridgehead atoms. The maximum atomic E-state index is 12.7. The third-order valence-corrected chi connectivity index (χ3v) is 4.42. The number of esters is 1. The Labute approximate surface area is 146 Å². The minimum absolute atomic E-state index is 0.0204. The van der Waals surface area contributed by atoms with Gasteiger partial charge in [0.15, 0.2) is 0 Å². The van der Waals surface area contributed by atoms with Crippen LogP contribution in [0.5, 0.6) is 0 Å². The van der Waals surface area contributed by atoms with Crippen LogP contribution >= 0.6 is 0 Å². The number of carbonyl (C=O) groups excluding carboxylic acids is 2. The minimum Gasteiger partial charge on any atom is -0.460 e. The number of nitrogens with zero attached hydrogens (tertiary/aromatic N) is 1. The third-order valence-electron chi connectivity index (χ3n) is 4.42. The van der Waals surface area contributed by atoms with Crippen molar-refractivity contribution in [3.05, 3.63) is 71.8 Å². The third kappa shape index (κ3) is 4.06. The molecular weight excluding hydrogens is 318 g/mol. The summed E-state index contributed by atoms with van der Waals surface area (Å²) in [5.41, 5.74) is 1.02. The minimum atomic E-state index is -0.704. The summed E-state index contributed by atoms with van der Waals surface area (Å²) in [6.07, 6.45) is 0.611. The number of benzene rings is 2. The Morgan fingerprint density at radius 3 is 2.24 bits per heavy atom. The van der Waals surface area contributed by atoms with E-state index in [1.54, 1.807) is 53.4 Å². The lowest BCUT2D eigenvalue weighted by atomic mass is 9.98. The summed E-state index contributed by atoms with van der Waals surface area (Å²) in [5, 5.41) is 10.3. The number of carbonyl (C=O) groups is 2. The lowest BCUT2D eigenvalue weighted by Gasteiger charge is -2.38. The molecule has 5 nitrogen and oxygen atoms in total. The van der Waals surface area contributed by atoms with Crippen LogP contribution < -0.4 is 0 Å². The Morgan fingerprint density at radius 1 is 1.00 bits per heavy atom. The van der Waals surface area contributed by atoms with E-state index in [0.29, 0.717) is 24.1 Å². The summed E-state index contributed by atoms with van der Waals surface area (Å²) in [6, 6.07) is 17.1. The van der Waals surface area contributed by atoms with Crippen molar-refractivity contribution in [2.75, 3.05) is 13.2 Å². The van der Waals surface area contributed by atoms with E-state index >= 15 is 0 Å². The molecule has 25 heavy (non-hydrogen) atoms. The molecule has 2 aromatic rings. The summed E-state index contributed by atoms with van der Waals surface area (Å²) in [4.78, 5) is 26.5. The summed E-state index contributed by atoms with van der Waals surface area (Å²) in [7, 11) is 0. The number of hydrogen-bond donors (Lipinski definition) is 1. The second kappa shape index (κ2) is 7.94. The fraction of sp³-hybridized carbons (Fsp3) is 0.300. The molecule has 1 heterocycles. The van der Waals surface area contributed by atoms with E-state index in [9.17, 15) is 14.7 Å². The van der Waals surface area contributed by atoms with Gasteiger partial charge in [0, 0.05) is 12.1 Å². The summed E-state index contributed by atoms with van der Waals surface area (Å²) >= 11 is 0. The van der Waals surface area contributed by atoms with Gasteiger partial charge in [0.1, 0.15) is 6.61 Å². The van der Waals surface area contributed by atoms with Gasteiger partial charge in [-0.15, -0.1) is 0 Å². The molecule has 0 unspecified atom stereocenters. The van der Waals surface area contributed by atoms with Crippen LogP contribution in [0.15, 0.2) is 60.7 Å². The largest absolute Gasteiger partial charge is 0.460 e. The van der Waals surface area contributed by atoms with Crippen molar-refractivity contribution in [1.29, 1.82) is 0 Å². The van der Waals surface area contributed by atoms with Crippen molar-refractivity contribution in [3.8, 4) is 0 Å². The molecule has 1 amide bonds. The highest BCUT2D eigenvalue weighted by atomic mass is 16.5. The molecule has 1 saturated heterocycles. The van der Waals surface area contributed by atoms with Crippen LogP contribution in [0.4, 0.5) is 0 Å². The zero-order valence-corrected chi connectivity index (χ0v) is 13.9. The second-order valence-corrected chi connectivity index (χ2v) is 6.11. The van der Waals surface area contributed by atoms with E-state index in [0.717, 1.165) is 6.42 Å². The molecule has 5 heteroatoms. The van der Waals surface area contributed by atoms with Crippen molar-refractivity contribution in [1.82, 2.24) is 4.90 Å². The average Bonchev–Trinajstić information content (AvgIpc) is 2.67. The molecule has 0 saturated carbocycles. The Kier molecular flexibility index (Phi) is 5.46. The Balaban J connectivity index is 1.70. The molecule has 1 aliphatic rings. The number of amides is 1. The Bertz CT molecular complexity index is 717. The van der Waals surface area contributed by atoms with Gasteiger partial charge in [-0.25, -0.2) is 4.79 Å². The molecule has 1 aliphatic heterocycles. The van der Waals surface area contributed by atoms with Crippen LogP contribution in [0.2, 0.25) is 0 Å². The lowest BCUT2D eigenvalue weighted by Crippen LogP contribution is -2.53. The van der Waals surface area contributed by atoms with Crippen LogP contribution in [0, 0.1) is 0 Å². The first-order valence-corrected chi connectivity index (χ1v) is 8.43. The van der Waals surface area contributed by atoms with Gasteiger partial charge in [0.2, 0.25) is 0 Å². The van der Waals surface area contributed by atoms with Crippen LogP contribution in [0.3, 0.4) is 0 Å².